The molecular formula is C78H136N2O6P+. The monoisotopic (exact) mass is 1230 g/mol. The Labute approximate surface area is 538 Å². The summed E-state index contributed by atoms with van der Waals surface area (Å²) in [5, 5.41) is 14.0. The van der Waals surface area contributed by atoms with Gasteiger partial charge in [0.2, 0.25) is 5.91 Å². The van der Waals surface area contributed by atoms with E-state index in [1.54, 1.807) is 6.08 Å². The second-order valence-corrected chi connectivity index (χ2v) is 26.3. The van der Waals surface area contributed by atoms with Crippen LogP contribution in [0.3, 0.4) is 0 Å². The lowest BCUT2D eigenvalue weighted by atomic mass is 10.0. The molecule has 0 spiro atoms. The van der Waals surface area contributed by atoms with Crippen molar-refractivity contribution in [1.82, 2.24) is 5.32 Å². The molecule has 0 aliphatic heterocycles. The van der Waals surface area contributed by atoms with Gasteiger partial charge in [-0.3, -0.25) is 13.8 Å². The summed E-state index contributed by atoms with van der Waals surface area (Å²) in [6, 6.07) is -0.881. The summed E-state index contributed by atoms with van der Waals surface area (Å²) in [6.45, 7) is 4.68. The number of carbonyl (C=O) groups is 1. The van der Waals surface area contributed by atoms with E-state index in [1.165, 1.54) is 167 Å². The van der Waals surface area contributed by atoms with E-state index < -0.39 is 20.0 Å². The van der Waals surface area contributed by atoms with Crippen LogP contribution in [-0.4, -0.2) is 73.4 Å². The highest BCUT2D eigenvalue weighted by Crippen LogP contribution is 2.43. The van der Waals surface area contributed by atoms with Gasteiger partial charge in [0.1, 0.15) is 13.2 Å². The molecular weight excluding hydrogens is 1090 g/mol. The normalized spacial score (nSPS) is 14.5. The highest BCUT2D eigenvalue weighted by molar-refractivity contribution is 7.47. The van der Waals surface area contributed by atoms with E-state index in [0.29, 0.717) is 17.4 Å². The number of nitrogens with zero attached hydrogens (tertiary/aromatic N) is 1. The van der Waals surface area contributed by atoms with Crippen molar-refractivity contribution in [2.75, 3.05) is 40.9 Å². The third-order valence-electron chi connectivity index (χ3n) is 15.3. The van der Waals surface area contributed by atoms with Gasteiger partial charge in [0.05, 0.1) is 39.9 Å². The van der Waals surface area contributed by atoms with Crippen LogP contribution in [0.4, 0.5) is 0 Å². The molecule has 1 amide bonds. The topological polar surface area (TPSA) is 105 Å². The molecule has 0 saturated heterocycles. The number of aliphatic hydroxyl groups excluding tert-OH is 1. The van der Waals surface area contributed by atoms with Gasteiger partial charge >= 0.3 is 7.82 Å². The minimum Gasteiger partial charge on any atom is -0.387 e. The Morgan fingerprint density at radius 2 is 0.701 bits per heavy atom. The van der Waals surface area contributed by atoms with Gasteiger partial charge in [-0.15, -0.1) is 0 Å². The predicted octanol–water partition coefficient (Wildman–Crippen LogP) is 23.2. The van der Waals surface area contributed by atoms with E-state index in [1.807, 2.05) is 27.2 Å². The Morgan fingerprint density at radius 3 is 1.06 bits per heavy atom. The Bertz CT molecular complexity index is 1930. The van der Waals surface area contributed by atoms with E-state index in [4.69, 9.17) is 9.05 Å². The fourth-order valence-electron chi connectivity index (χ4n) is 9.77. The SMILES string of the molecule is CC/C=C\C/C=C\C/C=C\C/C=C\C/C=C\C/C=C\C/C=C\C/C=C\C/C=C\CCCCCCCCCCCCCCCC(=O)NC(COP(=O)(O)OCC[N+](C)(C)C)C(O)/C=C/CC/C=C/CC/C=C/CCCCCCCCCCCCCCCC. The number of hydrogen-bond donors (Lipinski definition) is 3. The maximum absolute atomic E-state index is 13.1. The average Bonchev–Trinajstić information content (AvgIpc) is 3.71. The van der Waals surface area contributed by atoms with Crippen LogP contribution in [-0.2, 0) is 18.4 Å². The summed E-state index contributed by atoms with van der Waals surface area (Å²) in [5.41, 5.74) is 0. The van der Waals surface area contributed by atoms with Crippen molar-refractivity contribution >= 4 is 13.7 Å². The number of unbranched alkanes of at least 4 members (excludes halogenated alkanes) is 29. The van der Waals surface area contributed by atoms with Gasteiger partial charge in [0.15, 0.2) is 0 Å². The number of phosphoric acid groups is 1. The van der Waals surface area contributed by atoms with E-state index in [0.717, 1.165) is 103 Å². The fourth-order valence-corrected chi connectivity index (χ4v) is 10.5. The van der Waals surface area contributed by atoms with E-state index in [2.05, 4.69) is 153 Å². The summed E-state index contributed by atoms with van der Waals surface area (Å²) in [4.78, 5) is 23.4. The van der Waals surface area contributed by atoms with Gasteiger partial charge < -0.3 is 19.8 Å². The molecule has 498 valence electrons. The van der Waals surface area contributed by atoms with Crippen molar-refractivity contribution in [3.8, 4) is 0 Å². The van der Waals surface area contributed by atoms with Crippen molar-refractivity contribution in [2.45, 2.75) is 302 Å². The van der Waals surface area contributed by atoms with Crippen molar-refractivity contribution in [1.29, 1.82) is 0 Å². The first kappa shape index (κ1) is 83.4. The van der Waals surface area contributed by atoms with Crippen LogP contribution in [0.2, 0.25) is 0 Å². The first-order valence-corrected chi connectivity index (χ1v) is 37.2. The minimum absolute atomic E-state index is 0.0477. The summed E-state index contributed by atoms with van der Waals surface area (Å²) in [5.74, 6) is -0.195. The van der Waals surface area contributed by atoms with Crippen LogP contribution in [0.5, 0.6) is 0 Å². The Morgan fingerprint density at radius 1 is 0.402 bits per heavy atom. The lowest BCUT2D eigenvalue weighted by Gasteiger charge is -2.25. The smallest absolute Gasteiger partial charge is 0.387 e. The van der Waals surface area contributed by atoms with Crippen molar-refractivity contribution in [3.05, 3.63) is 146 Å². The molecule has 0 aromatic heterocycles. The molecule has 8 nitrogen and oxygen atoms in total. The first-order valence-electron chi connectivity index (χ1n) is 35.7. The van der Waals surface area contributed by atoms with Crippen molar-refractivity contribution in [2.24, 2.45) is 0 Å². The first-order chi connectivity index (χ1) is 42.5. The molecule has 0 rings (SSSR count). The van der Waals surface area contributed by atoms with Crippen LogP contribution in [0, 0.1) is 0 Å². The second-order valence-electron chi connectivity index (χ2n) is 24.9. The van der Waals surface area contributed by atoms with Crippen LogP contribution >= 0.6 is 7.82 Å². The Kier molecular flexibility index (Phi) is 64.0. The molecule has 0 heterocycles. The maximum Gasteiger partial charge on any atom is 0.472 e. The molecule has 0 radical (unpaired) electrons. The third kappa shape index (κ3) is 69.7. The molecule has 0 fully saturated rings. The van der Waals surface area contributed by atoms with E-state index >= 15 is 0 Å². The summed E-state index contributed by atoms with van der Waals surface area (Å²) in [6.07, 6.45) is 103. The van der Waals surface area contributed by atoms with Crippen LogP contribution in [0.1, 0.15) is 290 Å². The van der Waals surface area contributed by atoms with Gasteiger partial charge in [-0.2, -0.15) is 0 Å². The third-order valence-corrected chi connectivity index (χ3v) is 16.3. The molecule has 3 atom stereocenters. The number of rotatable bonds is 64. The zero-order valence-corrected chi connectivity index (χ0v) is 57.9. The lowest BCUT2D eigenvalue weighted by molar-refractivity contribution is -0.870. The van der Waals surface area contributed by atoms with Crippen LogP contribution in [0.25, 0.3) is 0 Å². The van der Waals surface area contributed by atoms with Gasteiger partial charge in [-0.25, -0.2) is 4.57 Å². The number of carbonyl (C=O) groups excluding carboxylic acids is 1. The number of allylic oxidation sites excluding steroid dienone is 23. The molecule has 0 bridgehead atoms. The predicted molar refractivity (Wildman–Crippen MR) is 382 cm³/mol. The van der Waals surface area contributed by atoms with Crippen LogP contribution < -0.4 is 5.32 Å². The standard InChI is InChI=1S/C78H135N2O6P/c1-6-8-10-12-14-16-18-20-22-24-26-28-30-32-33-34-35-36-37-38-39-40-41-42-43-44-45-46-47-48-50-52-54-56-58-60-62-64-66-68-70-72-78(82)79-76(75-86-87(83,84)85-74-73-80(3,4)5)77(81)71-69-67-65-63-61-59-57-55-53-51-49-31-29-27-25-23-21-19-17-15-13-11-9-7-2/h8,10,14,16,20,22,26,28,32-33,35-36,38-39,41-42,44-45,53,55,61,63,69,71,76-77,81H,6-7,9,11-13,15,17-19,21,23-25,27,29-31,34,37,40,43,46-52,54,56-60,62,64-68,70,72-75H2,1-5H3,(H-,79,82,83,84)/p+1/b10-8-,16-14-,22-20-,28-26-,33-32-,36-35-,39-38-,42-41-,45-44-,55-53+,63-61+,71-69+. The van der Waals surface area contributed by atoms with Crippen molar-refractivity contribution < 1.29 is 32.9 Å². The van der Waals surface area contributed by atoms with Gasteiger partial charge in [-0.1, -0.05) is 314 Å². The number of hydrogen-bond acceptors (Lipinski definition) is 5. The summed E-state index contributed by atoms with van der Waals surface area (Å²) in [7, 11) is 1.54. The number of nitrogens with one attached hydrogen (secondary N) is 1. The summed E-state index contributed by atoms with van der Waals surface area (Å²) >= 11 is 0. The zero-order valence-electron chi connectivity index (χ0n) is 57.0. The summed E-state index contributed by atoms with van der Waals surface area (Å²) < 4.78 is 23.8. The number of phosphoric ester groups is 1. The maximum atomic E-state index is 13.1. The lowest BCUT2D eigenvalue weighted by Crippen LogP contribution is -2.45. The molecule has 3 unspecified atom stereocenters. The largest absolute Gasteiger partial charge is 0.472 e. The highest BCUT2D eigenvalue weighted by atomic mass is 31.2. The average molecular weight is 1230 g/mol. The van der Waals surface area contributed by atoms with Gasteiger partial charge in [0, 0.05) is 6.42 Å². The molecule has 0 aliphatic rings. The number of aliphatic hydroxyl groups is 1. The molecule has 87 heavy (non-hydrogen) atoms. The fraction of sp³-hybridized carbons (Fsp3) is 0.679. The minimum atomic E-state index is -4.37. The quantitative estimate of drug-likeness (QED) is 0.0243. The van der Waals surface area contributed by atoms with Gasteiger partial charge in [0.25, 0.3) is 0 Å². The van der Waals surface area contributed by atoms with Crippen molar-refractivity contribution in [3.63, 3.8) is 0 Å². The second kappa shape index (κ2) is 66.8. The van der Waals surface area contributed by atoms with E-state index in [-0.39, 0.29) is 19.1 Å². The zero-order chi connectivity index (χ0) is 63.4. The molecule has 3 N–H and O–H groups in total. The molecule has 0 saturated carbocycles. The number of quaternary nitrogens is 1. The molecule has 0 aromatic carbocycles. The molecule has 9 heteroatoms. The van der Waals surface area contributed by atoms with E-state index in [9.17, 15) is 19.4 Å². The number of likely N-dealkylation sites (N-methyl/N-ethyl adjacent to an activating group) is 1. The Hall–Kier alpha value is -3.62. The molecule has 0 aromatic rings. The van der Waals surface area contributed by atoms with Gasteiger partial charge in [-0.05, 0) is 116 Å². The number of amides is 1. The van der Waals surface area contributed by atoms with Crippen LogP contribution in [0.15, 0.2) is 146 Å². The molecule has 0 aliphatic carbocycles. The Balaban J connectivity index is 4.13. The highest BCUT2D eigenvalue weighted by Gasteiger charge is 2.28.